The summed E-state index contributed by atoms with van der Waals surface area (Å²) in [5.74, 6) is 0.776. The molecule has 4 aromatic rings. The Morgan fingerprint density at radius 3 is 2.35 bits per heavy atom. The number of pyridine rings is 1. The lowest BCUT2D eigenvalue weighted by Gasteiger charge is -2.03. The van der Waals surface area contributed by atoms with Gasteiger partial charge in [0, 0.05) is 29.1 Å². The molecule has 2 heterocycles. The number of nitrogens with one attached hydrogen (secondary N) is 1. The average Bonchev–Trinajstić information content (AvgIpc) is 3.14. The quantitative estimate of drug-likeness (QED) is 0.573. The molecule has 0 aliphatic carbocycles. The van der Waals surface area contributed by atoms with Crippen LogP contribution in [0, 0.1) is 18.3 Å². The summed E-state index contributed by atoms with van der Waals surface area (Å²) in [6, 6.07) is 21.8. The Morgan fingerprint density at radius 2 is 1.65 bits per heavy atom. The molecular weight excluding hydrogens is 320 g/mol. The van der Waals surface area contributed by atoms with Gasteiger partial charge in [-0.25, -0.2) is 4.98 Å². The zero-order valence-corrected chi connectivity index (χ0v) is 14.3. The van der Waals surface area contributed by atoms with Gasteiger partial charge in [-0.2, -0.15) is 5.26 Å². The molecule has 2 aromatic heterocycles. The summed E-state index contributed by atoms with van der Waals surface area (Å²) in [6.07, 6.45) is 3.55. The van der Waals surface area contributed by atoms with Crippen molar-refractivity contribution in [2.75, 3.05) is 0 Å². The molecule has 0 unspecified atom stereocenters. The highest BCUT2D eigenvalue weighted by atomic mass is 14.9. The first kappa shape index (κ1) is 15.8. The van der Waals surface area contributed by atoms with Crippen molar-refractivity contribution in [2.24, 2.45) is 0 Å². The Morgan fingerprint density at radius 1 is 0.885 bits per heavy atom. The number of imidazole rings is 1. The van der Waals surface area contributed by atoms with Crippen molar-refractivity contribution in [3.63, 3.8) is 0 Å². The van der Waals surface area contributed by atoms with E-state index in [0.717, 1.165) is 33.9 Å². The molecule has 2 aromatic carbocycles. The van der Waals surface area contributed by atoms with Crippen LogP contribution in [-0.4, -0.2) is 15.0 Å². The van der Waals surface area contributed by atoms with Gasteiger partial charge in [0.1, 0.15) is 5.82 Å². The second-order valence-corrected chi connectivity index (χ2v) is 6.10. The molecule has 4 heteroatoms. The smallest absolute Gasteiger partial charge is 0.138 e. The van der Waals surface area contributed by atoms with Crippen molar-refractivity contribution in [3.05, 3.63) is 84.2 Å². The fourth-order valence-electron chi connectivity index (χ4n) is 2.94. The number of aromatic nitrogens is 3. The van der Waals surface area contributed by atoms with Gasteiger partial charge < -0.3 is 4.98 Å². The summed E-state index contributed by atoms with van der Waals surface area (Å²) in [6.45, 7) is 2.07. The summed E-state index contributed by atoms with van der Waals surface area (Å²) < 4.78 is 0. The molecule has 124 valence electrons. The highest BCUT2D eigenvalue weighted by Crippen LogP contribution is 2.33. The molecule has 4 nitrogen and oxygen atoms in total. The Kier molecular flexibility index (Phi) is 4.04. The first-order chi connectivity index (χ1) is 12.7. The van der Waals surface area contributed by atoms with Crippen LogP contribution >= 0.6 is 0 Å². The van der Waals surface area contributed by atoms with Crippen LogP contribution in [-0.2, 0) is 0 Å². The van der Waals surface area contributed by atoms with Crippen LogP contribution in [0.4, 0.5) is 0 Å². The van der Waals surface area contributed by atoms with Crippen molar-refractivity contribution >= 4 is 0 Å². The van der Waals surface area contributed by atoms with E-state index >= 15 is 0 Å². The highest BCUT2D eigenvalue weighted by Gasteiger charge is 2.15. The van der Waals surface area contributed by atoms with Crippen molar-refractivity contribution in [1.82, 2.24) is 15.0 Å². The number of nitriles is 1. The third kappa shape index (κ3) is 2.99. The molecule has 0 aliphatic heterocycles. The summed E-state index contributed by atoms with van der Waals surface area (Å²) in [5, 5.41) is 8.99. The van der Waals surface area contributed by atoms with Crippen molar-refractivity contribution in [3.8, 4) is 40.0 Å². The zero-order chi connectivity index (χ0) is 17.9. The molecule has 0 atom stereocenters. The van der Waals surface area contributed by atoms with Gasteiger partial charge in [-0.15, -0.1) is 0 Å². The summed E-state index contributed by atoms with van der Waals surface area (Å²) in [4.78, 5) is 12.4. The Labute approximate surface area is 151 Å². The normalized spacial score (nSPS) is 10.5. The number of rotatable bonds is 3. The number of aryl methyl sites for hydroxylation is 1. The van der Waals surface area contributed by atoms with E-state index in [4.69, 9.17) is 10.2 Å². The molecule has 0 amide bonds. The first-order valence-corrected chi connectivity index (χ1v) is 8.32. The molecule has 4 rings (SSSR count). The Hall–Kier alpha value is -3.71. The molecule has 0 radical (unpaired) electrons. The largest absolute Gasteiger partial charge is 0.337 e. The van der Waals surface area contributed by atoms with Gasteiger partial charge in [0.2, 0.25) is 0 Å². The van der Waals surface area contributed by atoms with Crippen LogP contribution in [0.1, 0.15) is 11.1 Å². The second kappa shape index (κ2) is 6.66. The summed E-state index contributed by atoms with van der Waals surface area (Å²) in [7, 11) is 0. The van der Waals surface area contributed by atoms with Crippen LogP contribution in [0.25, 0.3) is 33.9 Å². The third-order valence-electron chi connectivity index (χ3n) is 4.25. The van der Waals surface area contributed by atoms with E-state index in [9.17, 15) is 0 Å². The summed E-state index contributed by atoms with van der Waals surface area (Å²) >= 11 is 0. The number of aromatic amines is 1. The molecule has 0 saturated heterocycles. The minimum atomic E-state index is 0.633. The maximum Gasteiger partial charge on any atom is 0.138 e. The van der Waals surface area contributed by atoms with Gasteiger partial charge in [0.15, 0.2) is 0 Å². The van der Waals surface area contributed by atoms with Crippen molar-refractivity contribution in [1.29, 1.82) is 5.26 Å². The predicted molar refractivity (Wildman–Crippen MR) is 102 cm³/mol. The number of H-pyrrole nitrogens is 1. The first-order valence-electron chi connectivity index (χ1n) is 8.32. The number of hydrogen-bond donors (Lipinski definition) is 1. The van der Waals surface area contributed by atoms with Gasteiger partial charge in [-0.1, -0.05) is 23.8 Å². The topological polar surface area (TPSA) is 65.4 Å². The standard InChI is InChI=1S/C22H16N4/c1-15-3-2-4-19(13-15)21-20(17-9-11-24-12-10-17)25-22(26-21)18-7-5-16(14-23)6-8-18/h2-13H,1H3,(H,25,26). The van der Waals surface area contributed by atoms with Crippen LogP contribution in [0.3, 0.4) is 0 Å². The SMILES string of the molecule is Cc1cccc(-c2nc(-c3ccc(C#N)cc3)[nH]c2-c2ccncc2)c1. The van der Waals surface area contributed by atoms with E-state index in [1.54, 1.807) is 24.5 Å². The molecule has 26 heavy (non-hydrogen) atoms. The van der Waals surface area contributed by atoms with E-state index in [2.05, 4.69) is 41.2 Å². The van der Waals surface area contributed by atoms with Gasteiger partial charge in [-0.05, 0) is 49.4 Å². The highest BCUT2D eigenvalue weighted by molar-refractivity contribution is 5.81. The van der Waals surface area contributed by atoms with Gasteiger partial charge in [0.05, 0.1) is 23.0 Å². The molecule has 0 bridgehead atoms. The minimum Gasteiger partial charge on any atom is -0.337 e. The fraction of sp³-hybridized carbons (Fsp3) is 0.0455. The Bertz CT molecular complexity index is 1090. The maximum atomic E-state index is 8.99. The molecule has 0 aliphatic rings. The predicted octanol–water partition coefficient (Wildman–Crippen LogP) is 4.99. The van der Waals surface area contributed by atoms with E-state index in [0.29, 0.717) is 5.56 Å². The molecule has 1 N–H and O–H groups in total. The van der Waals surface area contributed by atoms with Crippen LogP contribution in [0.2, 0.25) is 0 Å². The van der Waals surface area contributed by atoms with Gasteiger partial charge in [0.25, 0.3) is 0 Å². The van der Waals surface area contributed by atoms with Gasteiger partial charge in [-0.3, -0.25) is 4.98 Å². The third-order valence-corrected chi connectivity index (χ3v) is 4.25. The number of hydrogen-bond acceptors (Lipinski definition) is 3. The lowest BCUT2D eigenvalue weighted by atomic mass is 10.0. The van der Waals surface area contributed by atoms with Crippen molar-refractivity contribution in [2.45, 2.75) is 6.92 Å². The zero-order valence-electron chi connectivity index (χ0n) is 14.3. The van der Waals surface area contributed by atoms with E-state index in [1.807, 2.05) is 30.3 Å². The van der Waals surface area contributed by atoms with E-state index in [1.165, 1.54) is 5.56 Å². The van der Waals surface area contributed by atoms with Crippen molar-refractivity contribution < 1.29 is 0 Å². The Balaban J connectivity index is 1.89. The fourth-order valence-corrected chi connectivity index (χ4v) is 2.94. The minimum absolute atomic E-state index is 0.633. The number of nitrogens with zero attached hydrogens (tertiary/aromatic N) is 3. The monoisotopic (exact) mass is 336 g/mol. The summed E-state index contributed by atoms with van der Waals surface area (Å²) in [5.41, 5.74) is 6.71. The molecule has 0 fully saturated rings. The molecular formula is C22H16N4. The van der Waals surface area contributed by atoms with E-state index < -0.39 is 0 Å². The maximum absolute atomic E-state index is 8.99. The van der Waals surface area contributed by atoms with Crippen LogP contribution in [0.15, 0.2) is 73.1 Å². The lowest BCUT2D eigenvalue weighted by Crippen LogP contribution is -1.85. The van der Waals surface area contributed by atoms with Gasteiger partial charge >= 0.3 is 0 Å². The molecule has 0 saturated carbocycles. The second-order valence-electron chi connectivity index (χ2n) is 6.10. The van der Waals surface area contributed by atoms with Crippen LogP contribution < -0.4 is 0 Å². The average molecular weight is 336 g/mol. The molecule has 0 spiro atoms. The van der Waals surface area contributed by atoms with Crippen LogP contribution in [0.5, 0.6) is 0 Å². The lowest BCUT2D eigenvalue weighted by molar-refractivity contribution is 1.29. The van der Waals surface area contributed by atoms with E-state index in [-0.39, 0.29) is 0 Å². The number of benzene rings is 2.